The predicted molar refractivity (Wildman–Crippen MR) is 217 cm³/mol. The van der Waals surface area contributed by atoms with Gasteiger partial charge >= 0.3 is 0 Å². The minimum atomic E-state index is -0.272. The molecule has 0 amide bonds. The van der Waals surface area contributed by atoms with Gasteiger partial charge in [0.25, 0.3) is 0 Å². The molecular formula is C46H38N8. The third-order valence-electron chi connectivity index (χ3n) is 12.1. The predicted octanol–water partition coefficient (Wildman–Crippen LogP) is 10.6. The molecule has 2 unspecified atom stereocenters. The molecule has 7 aromatic rings. The molecular weight excluding hydrogens is 665 g/mol. The van der Waals surface area contributed by atoms with Crippen LogP contribution in [0.15, 0.2) is 151 Å². The maximum absolute atomic E-state index is 5.35. The molecule has 0 spiro atoms. The summed E-state index contributed by atoms with van der Waals surface area (Å²) in [5.41, 5.74) is 11.4. The Morgan fingerprint density at radius 2 is 1.07 bits per heavy atom. The maximum Gasteiger partial charge on any atom is 0.179 e. The summed E-state index contributed by atoms with van der Waals surface area (Å²) in [7, 11) is 0. The number of anilines is 8. The van der Waals surface area contributed by atoms with E-state index in [0.717, 1.165) is 70.6 Å². The van der Waals surface area contributed by atoms with Gasteiger partial charge in [-0.05, 0) is 78.1 Å². The highest BCUT2D eigenvalue weighted by molar-refractivity contribution is 5.98. The molecule has 262 valence electrons. The van der Waals surface area contributed by atoms with Gasteiger partial charge in [-0.3, -0.25) is 9.80 Å². The Balaban J connectivity index is 1.24. The molecule has 8 heteroatoms. The van der Waals surface area contributed by atoms with Crippen molar-refractivity contribution in [3.05, 3.63) is 163 Å². The van der Waals surface area contributed by atoms with Crippen molar-refractivity contribution in [1.82, 2.24) is 19.9 Å². The fraction of sp³-hybridized carbons (Fsp3) is 0.174. The first-order valence-corrected chi connectivity index (χ1v) is 19.0. The van der Waals surface area contributed by atoms with Gasteiger partial charge in [0, 0.05) is 46.9 Å². The molecule has 0 radical (unpaired) electrons. The average molecular weight is 703 g/mol. The molecule has 0 bridgehead atoms. The van der Waals surface area contributed by atoms with Crippen LogP contribution in [0, 0.1) is 0 Å². The Hall–Kier alpha value is -6.54. The van der Waals surface area contributed by atoms with Gasteiger partial charge in [0.1, 0.15) is 12.3 Å². The van der Waals surface area contributed by atoms with Crippen LogP contribution in [0.4, 0.5) is 46.0 Å². The van der Waals surface area contributed by atoms with Gasteiger partial charge in [-0.1, -0.05) is 98.8 Å². The smallest absolute Gasteiger partial charge is 0.179 e. The largest absolute Gasteiger partial charge is 0.301 e. The molecule has 11 rings (SSSR count). The molecule has 0 saturated carbocycles. The molecule has 6 heterocycles. The van der Waals surface area contributed by atoms with Crippen LogP contribution in [0.1, 0.15) is 44.2 Å². The molecule has 54 heavy (non-hydrogen) atoms. The molecule has 8 nitrogen and oxygen atoms in total. The molecule has 0 fully saturated rings. The first kappa shape index (κ1) is 31.0. The van der Waals surface area contributed by atoms with Crippen LogP contribution >= 0.6 is 0 Å². The van der Waals surface area contributed by atoms with Gasteiger partial charge in [-0.2, -0.15) is 0 Å². The fourth-order valence-electron chi connectivity index (χ4n) is 9.83. The summed E-state index contributed by atoms with van der Waals surface area (Å²) in [6.45, 7) is 4.73. The monoisotopic (exact) mass is 702 g/mol. The highest BCUT2D eigenvalue weighted by atomic mass is 15.5. The lowest BCUT2D eigenvalue weighted by Gasteiger charge is -2.51. The van der Waals surface area contributed by atoms with E-state index in [4.69, 9.17) is 19.9 Å². The summed E-state index contributed by atoms with van der Waals surface area (Å²) < 4.78 is 0. The first-order chi connectivity index (χ1) is 26.7. The summed E-state index contributed by atoms with van der Waals surface area (Å²) in [5.74, 6) is 3.52. The van der Waals surface area contributed by atoms with Gasteiger partial charge in [0.2, 0.25) is 0 Å². The molecule has 4 aliphatic heterocycles. The normalized spacial score (nSPS) is 20.3. The summed E-state index contributed by atoms with van der Waals surface area (Å²) in [5, 5.41) is 0. The summed E-state index contributed by atoms with van der Waals surface area (Å²) in [6.07, 6.45) is 6.00. The van der Waals surface area contributed by atoms with E-state index in [9.17, 15) is 0 Å². The number of benzene rings is 5. The van der Waals surface area contributed by atoms with E-state index in [-0.39, 0.29) is 17.7 Å². The number of para-hydroxylation sites is 6. The summed E-state index contributed by atoms with van der Waals surface area (Å²) >= 11 is 0. The molecule has 0 aliphatic carbocycles. The van der Waals surface area contributed by atoms with Gasteiger partial charge in [0.05, 0.1) is 16.7 Å². The van der Waals surface area contributed by atoms with E-state index in [1.54, 1.807) is 0 Å². The topological polar surface area (TPSA) is 64.5 Å². The van der Waals surface area contributed by atoms with E-state index in [2.05, 4.69) is 155 Å². The van der Waals surface area contributed by atoms with Crippen molar-refractivity contribution in [1.29, 1.82) is 0 Å². The highest BCUT2D eigenvalue weighted by Crippen LogP contribution is 2.62. The summed E-state index contributed by atoms with van der Waals surface area (Å²) in [6, 6.07) is 47.6. The van der Waals surface area contributed by atoms with Gasteiger partial charge < -0.3 is 9.80 Å². The van der Waals surface area contributed by atoms with Crippen molar-refractivity contribution in [3.63, 3.8) is 0 Å². The van der Waals surface area contributed by atoms with Crippen molar-refractivity contribution in [2.75, 3.05) is 19.6 Å². The zero-order valence-electron chi connectivity index (χ0n) is 30.2. The van der Waals surface area contributed by atoms with Crippen LogP contribution in [0.5, 0.6) is 0 Å². The number of nitrogens with zero attached hydrogens (tertiary/aromatic N) is 8. The Kier molecular flexibility index (Phi) is 6.74. The van der Waals surface area contributed by atoms with E-state index in [0.29, 0.717) is 0 Å². The quantitative estimate of drug-likeness (QED) is 0.180. The number of hydrogen-bond donors (Lipinski definition) is 0. The Bertz CT molecular complexity index is 2620. The van der Waals surface area contributed by atoms with E-state index >= 15 is 0 Å². The average Bonchev–Trinajstić information content (AvgIpc) is 3.75. The zero-order chi connectivity index (χ0) is 36.0. The molecule has 0 saturated heterocycles. The van der Waals surface area contributed by atoms with Crippen molar-refractivity contribution < 1.29 is 0 Å². The second kappa shape index (κ2) is 11.7. The second-order valence-corrected chi connectivity index (χ2v) is 14.5. The molecule has 4 aliphatic rings. The highest BCUT2D eigenvalue weighted by Gasteiger charge is 2.56. The molecule has 2 aromatic heterocycles. The minimum absolute atomic E-state index is 0.0983. The van der Waals surface area contributed by atoms with Gasteiger partial charge in [-0.15, -0.1) is 0 Å². The molecule has 0 N–H and O–H groups in total. The van der Waals surface area contributed by atoms with E-state index in [1.807, 2.05) is 24.5 Å². The second-order valence-electron chi connectivity index (χ2n) is 14.5. The van der Waals surface area contributed by atoms with Crippen molar-refractivity contribution >= 4 is 62.6 Å². The van der Waals surface area contributed by atoms with E-state index in [1.165, 1.54) is 28.0 Å². The van der Waals surface area contributed by atoms with Crippen LogP contribution in [0.25, 0.3) is 16.6 Å². The molecule has 2 atom stereocenters. The Morgan fingerprint density at radius 1 is 0.537 bits per heavy atom. The number of rotatable bonds is 4. The Morgan fingerprint density at radius 3 is 1.74 bits per heavy atom. The lowest BCUT2D eigenvalue weighted by Crippen LogP contribution is -2.52. The minimum Gasteiger partial charge on any atom is -0.301 e. The van der Waals surface area contributed by atoms with Crippen LogP contribution in [0.2, 0.25) is 0 Å². The van der Waals surface area contributed by atoms with Crippen LogP contribution < -0.4 is 19.6 Å². The van der Waals surface area contributed by atoms with Gasteiger partial charge in [0.15, 0.2) is 23.3 Å². The fourth-order valence-corrected chi connectivity index (χ4v) is 9.83. The zero-order valence-corrected chi connectivity index (χ0v) is 30.2. The lowest BCUT2D eigenvalue weighted by atomic mass is 9.63. The summed E-state index contributed by atoms with van der Waals surface area (Å²) in [4.78, 5) is 30.6. The SMILES string of the molecule is CCC1(CC)C(=C2CC3N(c4ccccc4)c4nc5ccccc5nc4N3c3ccccc32)C2N(c3ccccc3)c3nccnc3N2c2ccccc21. The Labute approximate surface area is 314 Å². The van der Waals surface area contributed by atoms with Crippen molar-refractivity contribution in [2.45, 2.75) is 50.9 Å². The standard InChI is InChI=1S/C46H38N8/c1-3-46(4-2)34-22-12-16-26-38(34)54-42-41(47-27-28-48-42)52(31-19-9-6-10-20-31)45(54)40(46)33-29-39-51(30-17-7-5-8-18-30)43-44(50-36-24-14-13-23-35(36)49-43)53(39)37-25-15-11-21-32(33)37/h5-28,39,45H,3-4,29H2,1-2H3. The van der Waals surface area contributed by atoms with Crippen LogP contribution in [-0.4, -0.2) is 32.3 Å². The first-order valence-electron chi connectivity index (χ1n) is 19.0. The van der Waals surface area contributed by atoms with Crippen molar-refractivity contribution in [3.8, 4) is 0 Å². The van der Waals surface area contributed by atoms with E-state index < -0.39 is 0 Å². The number of aromatic nitrogens is 4. The van der Waals surface area contributed by atoms with Crippen molar-refractivity contribution in [2.24, 2.45) is 0 Å². The lowest BCUT2D eigenvalue weighted by molar-refractivity contribution is 0.422. The maximum atomic E-state index is 5.35. The molecule has 5 aromatic carbocycles. The van der Waals surface area contributed by atoms with Gasteiger partial charge in [-0.25, -0.2) is 19.9 Å². The number of fused-ring (bicyclic) bond motifs is 11. The third kappa shape index (κ3) is 4.13. The number of hydrogen-bond acceptors (Lipinski definition) is 8. The third-order valence-corrected chi connectivity index (χ3v) is 12.1. The van der Waals surface area contributed by atoms with Crippen LogP contribution in [0.3, 0.4) is 0 Å². The van der Waals surface area contributed by atoms with Crippen LogP contribution in [-0.2, 0) is 5.41 Å².